The summed E-state index contributed by atoms with van der Waals surface area (Å²) in [5, 5.41) is 9.46. The molecule has 2 heterocycles. The fourth-order valence-corrected chi connectivity index (χ4v) is 5.44. The molecule has 2 aliphatic heterocycles. The summed E-state index contributed by atoms with van der Waals surface area (Å²) in [6.07, 6.45) is 14.5. The summed E-state index contributed by atoms with van der Waals surface area (Å²) in [5.74, 6) is -2.05. The van der Waals surface area contributed by atoms with E-state index in [-0.39, 0.29) is 38.8 Å². The second kappa shape index (κ2) is 18.7. The van der Waals surface area contributed by atoms with E-state index in [0.717, 1.165) is 24.8 Å². The van der Waals surface area contributed by atoms with Crippen molar-refractivity contribution in [2.45, 2.75) is 115 Å². The van der Waals surface area contributed by atoms with Crippen LogP contribution >= 0.6 is 0 Å². The van der Waals surface area contributed by atoms with Gasteiger partial charge in [0.05, 0.1) is 25.6 Å². The number of hydrogen-bond acceptors (Lipinski definition) is 9. The van der Waals surface area contributed by atoms with Gasteiger partial charge in [-0.05, 0) is 57.4 Å². The third-order valence-electron chi connectivity index (χ3n) is 8.11. The van der Waals surface area contributed by atoms with Crippen LogP contribution in [0.25, 0.3) is 0 Å². The normalized spacial score (nSPS) is 27.6. The third kappa shape index (κ3) is 11.8. The first kappa shape index (κ1) is 37.2. The molecular weight excluding hydrogens is 564 g/mol. The Hall–Kier alpha value is -3.01. The summed E-state index contributed by atoms with van der Waals surface area (Å²) in [6, 6.07) is 0. The van der Waals surface area contributed by atoms with E-state index in [1.54, 1.807) is 13.0 Å². The number of ether oxygens (including phenoxy) is 5. The van der Waals surface area contributed by atoms with Crippen LogP contribution < -0.4 is 0 Å². The topological polar surface area (TPSA) is 118 Å². The smallest absolute Gasteiger partial charge is 0.331 e. The molecule has 0 aromatic rings. The molecule has 2 saturated heterocycles. The molecule has 0 aromatic carbocycles. The summed E-state index contributed by atoms with van der Waals surface area (Å²) < 4.78 is 29.8. The monoisotopic (exact) mass is 616 g/mol. The fourth-order valence-electron chi connectivity index (χ4n) is 5.44. The van der Waals surface area contributed by atoms with E-state index < -0.39 is 35.4 Å². The Morgan fingerprint density at radius 1 is 1.00 bits per heavy atom. The zero-order chi connectivity index (χ0) is 32.6. The predicted octanol–water partition coefficient (Wildman–Crippen LogP) is 6.22. The van der Waals surface area contributed by atoms with Crippen molar-refractivity contribution < 1.29 is 43.2 Å². The summed E-state index contributed by atoms with van der Waals surface area (Å²) in [5.41, 5.74) is 0.542. The Morgan fingerprint density at radius 2 is 1.70 bits per heavy atom. The highest BCUT2D eigenvalue weighted by molar-refractivity contribution is 5.83. The molecule has 0 unspecified atom stereocenters. The van der Waals surface area contributed by atoms with Crippen LogP contribution in [0, 0.1) is 5.92 Å². The zero-order valence-corrected chi connectivity index (χ0v) is 27.0. The molecule has 0 aromatic heterocycles. The number of allylic oxidation sites excluding steroid dienone is 2. The van der Waals surface area contributed by atoms with Crippen LogP contribution in [0.5, 0.6) is 0 Å². The summed E-state index contributed by atoms with van der Waals surface area (Å²) in [7, 11) is 0. The Balaban J connectivity index is 2.38. The van der Waals surface area contributed by atoms with Gasteiger partial charge in [-0.1, -0.05) is 69.4 Å². The first-order valence-electron chi connectivity index (χ1n) is 15.8. The molecule has 246 valence electrons. The standard InChI is InChI=1S/C35H52O9/c1-7-10-18-34(44-32(38)16-15-31(37)40-22-8-2)20-21-35(19-17-28(6)29(42-35)13-11-27(5)25-36)43-30(34)14-12-26(4)24-33(39)41-23-9-3/h8-9,11-12,14,24,28-30,36H,2-3,7,10,13,15-23,25H2,1,4-6H3/b14-12+,26-24+,27-11+/t28-,29+,30-,34+,35-/m0/s1. The van der Waals surface area contributed by atoms with Gasteiger partial charge in [0.25, 0.3) is 0 Å². The highest BCUT2D eigenvalue weighted by Crippen LogP contribution is 2.48. The summed E-state index contributed by atoms with van der Waals surface area (Å²) >= 11 is 0. The van der Waals surface area contributed by atoms with Gasteiger partial charge in [-0.3, -0.25) is 9.59 Å². The van der Waals surface area contributed by atoms with Crippen molar-refractivity contribution in [2.24, 2.45) is 5.92 Å². The quantitative estimate of drug-likeness (QED) is 0.0668. The van der Waals surface area contributed by atoms with Crippen LogP contribution in [-0.2, 0) is 38.1 Å². The molecule has 0 saturated carbocycles. The number of rotatable bonds is 17. The van der Waals surface area contributed by atoms with Gasteiger partial charge in [-0.25, -0.2) is 4.79 Å². The van der Waals surface area contributed by atoms with Crippen molar-refractivity contribution in [3.63, 3.8) is 0 Å². The zero-order valence-electron chi connectivity index (χ0n) is 27.0. The lowest BCUT2D eigenvalue weighted by Crippen LogP contribution is -2.59. The molecule has 0 amide bonds. The van der Waals surface area contributed by atoms with E-state index in [2.05, 4.69) is 27.0 Å². The van der Waals surface area contributed by atoms with Gasteiger partial charge in [0.15, 0.2) is 5.79 Å². The summed E-state index contributed by atoms with van der Waals surface area (Å²) in [4.78, 5) is 37.3. The van der Waals surface area contributed by atoms with Crippen LogP contribution in [0.15, 0.2) is 60.8 Å². The van der Waals surface area contributed by atoms with Gasteiger partial charge in [-0.2, -0.15) is 0 Å². The Labute approximate surface area is 263 Å². The summed E-state index contributed by atoms with van der Waals surface area (Å²) in [6.45, 7) is 15.2. The van der Waals surface area contributed by atoms with E-state index in [9.17, 15) is 19.5 Å². The molecule has 2 rings (SSSR count). The van der Waals surface area contributed by atoms with Gasteiger partial charge >= 0.3 is 17.9 Å². The van der Waals surface area contributed by atoms with Crippen LogP contribution in [0.4, 0.5) is 0 Å². The van der Waals surface area contributed by atoms with Crippen molar-refractivity contribution in [1.29, 1.82) is 0 Å². The molecular formula is C35H52O9. The minimum atomic E-state index is -0.987. The van der Waals surface area contributed by atoms with Gasteiger partial charge < -0.3 is 28.8 Å². The number of aliphatic hydroxyl groups is 1. The van der Waals surface area contributed by atoms with Crippen molar-refractivity contribution in [2.75, 3.05) is 19.8 Å². The highest BCUT2D eigenvalue weighted by Gasteiger charge is 2.54. The number of carbonyl (C=O) groups is 3. The van der Waals surface area contributed by atoms with E-state index in [1.807, 2.05) is 19.1 Å². The van der Waals surface area contributed by atoms with Crippen molar-refractivity contribution in [3.8, 4) is 0 Å². The average molecular weight is 617 g/mol. The third-order valence-corrected chi connectivity index (χ3v) is 8.11. The molecule has 9 nitrogen and oxygen atoms in total. The van der Waals surface area contributed by atoms with Gasteiger partial charge in [0, 0.05) is 18.9 Å². The molecule has 2 aliphatic rings. The van der Waals surface area contributed by atoms with E-state index in [4.69, 9.17) is 23.7 Å². The fraction of sp³-hybridized carbons (Fsp3) is 0.629. The molecule has 1 N–H and O–H groups in total. The first-order chi connectivity index (χ1) is 21.0. The number of unbranched alkanes of at least 4 members (excludes halogenated alkanes) is 1. The largest absolute Gasteiger partial charge is 0.461 e. The molecule has 9 heteroatoms. The number of carbonyl (C=O) groups excluding carboxylic acids is 3. The molecule has 5 atom stereocenters. The second-order valence-electron chi connectivity index (χ2n) is 11.8. The number of hydrogen-bond donors (Lipinski definition) is 1. The Bertz CT molecular complexity index is 1070. The lowest BCUT2D eigenvalue weighted by Gasteiger charge is -2.53. The maximum absolute atomic E-state index is 13.2. The molecule has 0 aliphatic carbocycles. The van der Waals surface area contributed by atoms with E-state index >= 15 is 0 Å². The van der Waals surface area contributed by atoms with E-state index in [0.29, 0.717) is 43.6 Å². The van der Waals surface area contributed by atoms with Crippen LogP contribution in [-0.4, -0.2) is 66.4 Å². The minimum absolute atomic E-state index is 0.000901. The van der Waals surface area contributed by atoms with Gasteiger partial charge in [0.1, 0.15) is 24.9 Å². The lowest BCUT2D eigenvalue weighted by molar-refractivity contribution is -0.344. The molecule has 2 fully saturated rings. The second-order valence-corrected chi connectivity index (χ2v) is 11.8. The molecule has 0 bridgehead atoms. The SMILES string of the molecule is C=CCOC(=O)/C=C(C)/C=C/[C@@H]1O[C@@]2(CC[C@H](C)[C@@H](C/C=C(\C)CO)O2)CC[C@@]1(CCCC)OC(=O)CCC(=O)OCC=C. The Kier molecular flexibility index (Phi) is 15.8. The van der Waals surface area contributed by atoms with Crippen molar-refractivity contribution in [3.05, 3.63) is 60.8 Å². The molecule has 44 heavy (non-hydrogen) atoms. The number of esters is 3. The van der Waals surface area contributed by atoms with E-state index in [1.165, 1.54) is 18.2 Å². The Morgan fingerprint density at radius 3 is 2.39 bits per heavy atom. The number of aliphatic hydroxyl groups excluding tert-OH is 1. The van der Waals surface area contributed by atoms with Gasteiger partial charge in [-0.15, -0.1) is 0 Å². The van der Waals surface area contributed by atoms with Crippen LogP contribution in [0.2, 0.25) is 0 Å². The molecule has 0 radical (unpaired) electrons. The van der Waals surface area contributed by atoms with Crippen molar-refractivity contribution >= 4 is 17.9 Å². The predicted molar refractivity (Wildman–Crippen MR) is 168 cm³/mol. The minimum Gasteiger partial charge on any atom is -0.461 e. The maximum Gasteiger partial charge on any atom is 0.331 e. The van der Waals surface area contributed by atoms with Crippen LogP contribution in [0.1, 0.15) is 91.9 Å². The van der Waals surface area contributed by atoms with Gasteiger partial charge in [0.2, 0.25) is 0 Å². The average Bonchev–Trinajstić information content (AvgIpc) is 3.01. The molecule has 1 spiro atoms. The van der Waals surface area contributed by atoms with Crippen molar-refractivity contribution in [1.82, 2.24) is 0 Å². The first-order valence-corrected chi connectivity index (χ1v) is 15.8. The highest BCUT2D eigenvalue weighted by atomic mass is 16.7. The maximum atomic E-state index is 13.2. The lowest BCUT2D eigenvalue weighted by atomic mass is 9.78. The van der Waals surface area contributed by atoms with Crippen LogP contribution in [0.3, 0.4) is 0 Å².